The van der Waals surface area contributed by atoms with E-state index in [1.54, 1.807) is 18.5 Å². The number of amides is 2. The number of aromatic nitrogens is 4. The molecule has 4 heterocycles. The van der Waals surface area contributed by atoms with E-state index in [1.165, 1.54) is 0 Å². The van der Waals surface area contributed by atoms with Gasteiger partial charge in [0.25, 0.3) is 0 Å². The number of fused-ring (bicyclic) bond motifs is 1. The molecule has 4 rings (SSSR count). The van der Waals surface area contributed by atoms with Crippen LogP contribution in [0.4, 0.5) is 15.0 Å². The minimum absolute atomic E-state index is 0.0655. The molecule has 8 nitrogen and oxygen atoms in total. The maximum atomic E-state index is 14.4. The zero-order chi connectivity index (χ0) is 22.9. The van der Waals surface area contributed by atoms with Gasteiger partial charge in [-0.25, -0.2) is 24.1 Å². The molecule has 3 N–H and O–H groups in total. The van der Waals surface area contributed by atoms with Gasteiger partial charge in [0.2, 0.25) is 0 Å². The summed E-state index contributed by atoms with van der Waals surface area (Å²) in [4.78, 5) is 30.2. The van der Waals surface area contributed by atoms with Crippen molar-refractivity contribution in [3.63, 3.8) is 0 Å². The molecule has 3 aromatic heterocycles. The van der Waals surface area contributed by atoms with Gasteiger partial charge in [-0.2, -0.15) is 0 Å². The van der Waals surface area contributed by atoms with Crippen LogP contribution in [0.3, 0.4) is 0 Å². The van der Waals surface area contributed by atoms with Crippen LogP contribution in [0, 0.1) is 11.7 Å². The fourth-order valence-electron chi connectivity index (χ4n) is 3.84. The molecule has 0 radical (unpaired) electrons. The summed E-state index contributed by atoms with van der Waals surface area (Å²) in [7, 11) is 0. The van der Waals surface area contributed by atoms with Crippen molar-refractivity contribution < 1.29 is 9.18 Å². The van der Waals surface area contributed by atoms with Gasteiger partial charge in [-0.3, -0.25) is 0 Å². The average molecular weight is 460 g/mol. The van der Waals surface area contributed by atoms with Gasteiger partial charge in [0.1, 0.15) is 5.65 Å². The fourth-order valence-corrected chi connectivity index (χ4v) is 4.00. The van der Waals surface area contributed by atoms with Crippen molar-refractivity contribution in [2.45, 2.75) is 39.2 Å². The predicted molar refractivity (Wildman–Crippen MR) is 123 cm³/mol. The first-order valence-electron chi connectivity index (χ1n) is 10.7. The van der Waals surface area contributed by atoms with E-state index < -0.39 is 5.82 Å². The molecule has 2 amide bonds. The summed E-state index contributed by atoms with van der Waals surface area (Å²) in [6.45, 7) is 7.72. The molecule has 1 aliphatic rings. The third kappa shape index (κ3) is 5.09. The van der Waals surface area contributed by atoms with Crippen LogP contribution >= 0.6 is 11.6 Å². The van der Waals surface area contributed by atoms with Crippen LogP contribution in [-0.4, -0.2) is 56.0 Å². The molecular formula is C22H27ClFN7O. The van der Waals surface area contributed by atoms with E-state index in [9.17, 15) is 9.18 Å². The number of nitrogens with zero attached hydrogens (tertiary/aromatic N) is 4. The second kappa shape index (κ2) is 8.90. The Balaban J connectivity index is 1.46. The highest BCUT2D eigenvalue weighted by Gasteiger charge is 2.26. The summed E-state index contributed by atoms with van der Waals surface area (Å²) in [5, 5.41) is 7.38. The molecule has 32 heavy (non-hydrogen) atoms. The molecule has 1 fully saturated rings. The SMILES string of the molecule is CC(C)(C)NC(=O)N1CCC[C@H](CNc2nc(-c3c[nH]c4ncc(Cl)cc34)ncc2F)C1. The van der Waals surface area contributed by atoms with E-state index in [-0.39, 0.29) is 23.3 Å². The molecule has 1 saturated heterocycles. The molecule has 0 aliphatic carbocycles. The third-order valence-electron chi connectivity index (χ3n) is 5.33. The number of rotatable bonds is 4. The lowest BCUT2D eigenvalue weighted by Gasteiger charge is -2.35. The number of nitrogens with one attached hydrogen (secondary N) is 3. The Bertz CT molecular complexity index is 1130. The Morgan fingerprint density at radius 2 is 2.16 bits per heavy atom. The topological polar surface area (TPSA) is 98.8 Å². The number of halogens is 2. The lowest BCUT2D eigenvalue weighted by atomic mass is 9.98. The molecule has 0 aromatic carbocycles. The highest BCUT2D eigenvalue weighted by molar-refractivity contribution is 6.31. The Morgan fingerprint density at radius 3 is 2.94 bits per heavy atom. The maximum Gasteiger partial charge on any atom is 0.317 e. The van der Waals surface area contributed by atoms with Gasteiger partial charge >= 0.3 is 6.03 Å². The van der Waals surface area contributed by atoms with E-state index in [1.807, 2.05) is 25.7 Å². The number of hydrogen-bond acceptors (Lipinski definition) is 5. The minimum Gasteiger partial charge on any atom is -0.367 e. The molecule has 1 aliphatic heterocycles. The number of pyridine rings is 1. The van der Waals surface area contributed by atoms with Gasteiger partial charge < -0.3 is 20.5 Å². The Kier molecular flexibility index (Phi) is 6.19. The number of hydrogen-bond donors (Lipinski definition) is 3. The number of piperidine rings is 1. The largest absolute Gasteiger partial charge is 0.367 e. The van der Waals surface area contributed by atoms with Gasteiger partial charge in [0, 0.05) is 48.5 Å². The first-order chi connectivity index (χ1) is 15.2. The monoisotopic (exact) mass is 459 g/mol. The van der Waals surface area contributed by atoms with Crippen LogP contribution < -0.4 is 10.6 Å². The lowest BCUT2D eigenvalue weighted by molar-refractivity contribution is 0.161. The van der Waals surface area contributed by atoms with Crippen molar-refractivity contribution in [2.24, 2.45) is 5.92 Å². The van der Waals surface area contributed by atoms with E-state index >= 15 is 0 Å². The van der Waals surface area contributed by atoms with Crippen molar-refractivity contribution in [1.82, 2.24) is 30.2 Å². The van der Waals surface area contributed by atoms with Crippen LogP contribution in [0.25, 0.3) is 22.4 Å². The van der Waals surface area contributed by atoms with Crippen LogP contribution in [0.2, 0.25) is 5.02 Å². The van der Waals surface area contributed by atoms with Gasteiger partial charge in [0.05, 0.1) is 11.2 Å². The number of carbonyl (C=O) groups is 1. The van der Waals surface area contributed by atoms with Crippen molar-refractivity contribution in [3.05, 3.63) is 35.5 Å². The van der Waals surface area contributed by atoms with Gasteiger partial charge in [0.15, 0.2) is 17.5 Å². The van der Waals surface area contributed by atoms with Crippen LogP contribution in [0.1, 0.15) is 33.6 Å². The second-order valence-electron chi connectivity index (χ2n) is 9.16. The summed E-state index contributed by atoms with van der Waals surface area (Å²) in [6, 6.07) is 1.71. The van der Waals surface area contributed by atoms with Gasteiger partial charge in [-0.15, -0.1) is 0 Å². The first kappa shape index (κ1) is 22.3. The second-order valence-corrected chi connectivity index (χ2v) is 9.59. The first-order valence-corrected chi connectivity index (χ1v) is 11.0. The molecule has 0 saturated carbocycles. The Morgan fingerprint density at radius 1 is 1.34 bits per heavy atom. The van der Waals surface area contributed by atoms with Gasteiger partial charge in [-0.05, 0) is 45.6 Å². The zero-order valence-electron chi connectivity index (χ0n) is 18.4. The molecule has 0 bridgehead atoms. The lowest BCUT2D eigenvalue weighted by Crippen LogP contribution is -2.51. The predicted octanol–water partition coefficient (Wildman–Crippen LogP) is 4.44. The zero-order valence-corrected chi connectivity index (χ0v) is 19.1. The van der Waals surface area contributed by atoms with Crippen molar-refractivity contribution in [2.75, 3.05) is 25.0 Å². The molecule has 10 heteroatoms. The fraction of sp³-hybridized carbons (Fsp3) is 0.455. The molecule has 0 unspecified atom stereocenters. The molecule has 170 valence electrons. The van der Waals surface area contributed by atoms with Crippen molar-refractivity contribution in [3.8, 4) is 11.4 Å². The number of anilines is 1. The summed E-state index contributed by atoms with van der Waals surface area (Å²) in [5.41, 5.74) is 1.06. The minimum atomic E-state index is -0.525. The van der Waals surface area contributed by atoms with E-state index in [4.69, 9.17) is 11.6 Å². The highest BCUT2D eigenvalue weighted by Crippen LogP contribution is 2.28. The number of aromatic amines is 1. The number of H-pyrrole nitrogens is 1. The molecule has 1 atom stereocenters. The standard InChI is InChI=1S/C22H27ClFN7O/c1-22(2,3)30-21(32)31-6-4-5-13(12-31)8-25-20-17(24)11-28-19(29-20)16-10-27-18-15(16)7-14(23)9-26-18/h7,9-11,13H,4-6,8,12H2,1-3H3,(H,26,27)(H,30,32)(H,25,28,29)/t13-/m1/s1. The summed E-state index contributed by atoms with van der Waals surface area (Å²) in [5.74, 6) is 0.181. The molecular weight excluding hydrogens is 433 g/mol. The van der Waals surface area contributed by atoms with Gasteiger partial charge in [-0.1, -0.05) is 11.6 Å². The van der Waals surface area contributed by atoms with Crippen LogP contribution in [0.5, 0.6) is 0 Å². The Hall–Kier alpha value is -2.94. The number of urea groups is 1. The molecule has 3 aromatic rings. The normalized spacial score (nSPS) is 16.9. The highest BCUT2D eigenvalue weighted by atomic mass is 35.5. The van der Waals surface area contributed by atoms with Crippen molar-refractivity contribution >= 4 is 34.5 Å². The van der Waals surface area contributed by atoms with E-state index in [0.717, 1.165) is 31.0 Å². The van der Waals surface area contributed by atoms with Crippen LogP contribution in [0.15, 0.2) is 24.7 Å². The smallest absolute Gasteiger partial charge is 0.317 e. The maximum absolute atomic E-state index is 14.4. The summed E-state index contributed by atoms with van der Waals surface area (Å²) >= 11 is 6.07. The van der Waals surface area contributed by atoms with E-state index in [0.29, 0.717) is 35.1 Å². The molecule has 0 spiro atoms. The van der Waals surface area contributed by atoms with E-state index in [2.05, 4.69) is 30.6 Å². The quantitative estimate of drug-likeness (QED) is 0.535. The van der Waals surface area contributed by atoms with Crippen LogP contribution in [-0.2, 0) is 0 Å². The average Bonchev–Trinajstić information content (AvgIpc) is 3.15. The van der Waals surface area contributed by atoms with Crippen molar-refractivity contribution in [1.29, 1.82) is 0 Å². The third-order valence-corrected chi connectivity index (χ3v) is 5.54. The number of likely N-dealkylation sites (tertiary alicyclic amines) is 1. The summed E-state index contributed by atoms with van der Waals surface area (Å²) in [6.07, 6.45) is 6.31. The summed E-state index contributed by atoms with van der Waals surface area (Å²) < 4.78 is 14.4. The number of carbonyl (C=O) groups excluding carboxylic acids is 1. The Labute approximate surface area is 191 Å².